The van der Waals surface area contributed by atoms with E-state index in [9.17, 15) is 9.59 Å². The minimum atomic E-state index is -0.384. The van der Waals surface area contributed by atoms with Crippen LogP contribution in [-0.2, 0) is 17.6 Å². The number of benzene rings is 1. The maximum atomic E-state index is 12.6. The van der Waals surface area contributed by atoms with E-state index in [0.717, 1.165) is 56.3 Å². The van der Waals surface area contributed by atoms with Crippen molar-refractivity contribution in [3.63, 3.8) is 0 Å². The predicted molar refractivity (Wildman–Crippen MR) is 127 cm³/mol. The fourth-order valence-electron chi connectivity index (χ4n) is 3.53. The Labute approximate surface area is 192 Å². The third kappa shape index (κ3) is 6.04. The second-order valence-electron chi connectivity index (χ2n) is 7.39. The zero-order chi connectivity index (χ0) is 22.2. The first-order valence-corrected chi connectivity index (χ1v) is 11.8. The number of carbonyl (C=O) groups excluding carboxylic acids is 2. The number of carbonyl (C=O) groups is 2. The quantitative estimate of drug-likeness (QED) is 0.324. The van der Waals surface area contributed by atoms with E-state index >= 15 is 0 Å². The molecule has 0 spiro atoms. The number of fused-ring (bicyclic) bond motifs is 1. The molecule has 0 saturated heterocycles. The third-order valence-corrected chi connectivity index (χ3v) is 6.56. The van der Waals surface area contributed by atoms with E-state index in [1.807, 2.05) is 0 Å². The number of aryl methyl sites for hydroxylation is 1. The van der Waals surface area contributed by atoms with Crippen LogP contribution in [0.15, 0.2) is 24.3 Å². The topological polar surface area (TPSA) is 76.7 Å². The summed E-state index contributed by atoms with van der Waals surface area (Å²) < 4.78 is 10.6. The summed E-state index contributed by atoms with van der Waals surface area (Å²) in [6.07, 6.45) is 7.24. The van der Waals surface area contributed by atoms with Gasteiger partial charge in [0.15, 0.2) is 5.11 Å². The van der Waals surface area contributed by atoms with E-state index in [2.05, 4.69) is 17.6 Å². The molecule has 1 aromatic heterocycles. The summed E-state index contributed by atoms with van der Waals surface area (Å²) >= 11 is 6.83. The van der Waals surface area contributed by atoms with Crippen LogP contribution < -0.4 is 15.4 Å². The molecule has 0 atom stereocenters. The normalized spacial score (nSPS) is 12.6. The van der Waals surface area contributed by atoms with Crippen molar-refractivity contribution < 1.29 is 19.1 Å². The standard InChI is InChI=1S/C23H28N2O4S2/c1-3-4-7-14-29-16-12-10-15(11-13-16)20(26)24-23(30)25-21-19(22(27)28-2)17-8-5-6-9-18(17)31-21/h10-13H,3-9,14H2,1-2H3,(H2,24,25,26,30). The molecule has 0 bridgehead atoms. The molecule has 3 rings (SSSR count). The van der Waals surface area contributed by atoms with Crippen LogP contribution in [0.4, 0.5) is 5.00 Å². The van der Waals surface area contributed by atoms with Gasteiger partial charge in [0, 0.05) is 10.4 Å². The van der Waals surface area contributed by atoms with Gasteiger partial charge in [-0.1, -0.05) is 19.8 Å². The van der Waals surface area contributed by atoms with Gasteiger partial charge in [0.1, 0.15) is 10.8 Å². The van der Waals surface area contributed by atoms with E-state index in [4.69, 9.17) is 21.7 Å². The van der Waals surface area contributed by atoms with Gasteiger partial charge >= 0.3 is 5.97 Å². The molecule has 1 aromatic carbocycles. The lowest BCUT2D eigenvalue weighted by atomic mass is 9.95. The number of methoxy groups -OCH3 is 1. The Hall–Kier alpha value is -2.45. The average Bonchev–Trinajstić information content (AvgIpc) is 3.14. The molecule has 1 aliphatic rings. The molecular weight excluding hydrogens is 432 g/mol. The molecule has 0 radical (unpaired) electrons. The summed E-state index contributed by atoms with van der Waals surface area (Å²) in [6, 6.07) is 6.97. The minimum absolute atomic E-state index is 0.147. The molecule has 8 heteroatoms. The Balaban J connectivity index is 1.61. The highest BCUT2D eigenvalue weighted by Crippen LogP contribution is 2.38. The highest BCUT2D eigenvalue weighted by molar-refractivity contribution is 7.80. The van der Waals surface area contributed by atoms with Crippen molar-refractivity contribution in [1.29, 1.82) is 0 Å². The SMILES string of the molecule is CCCCCOc1ccc(C(=O)NC(=S)Nc2sc3c(c2C(=O)OC)CCCC3)cc1. The summed E-state index contributed by atoms with van der Waals surface area (Å²) in [6.45, 7) is 2.82. The maximum Gasteiger partial charge on any atom is 0.341 e. The van der Waals surface area contributed by atoms with Crippen LogP contribution >= 0.6 is 23.6 Å². The molecule has 0 fully saturated rings. The summed E-state index contributed by atoms with van der Waals surface area (Å²) in [5.41, 5.74) is 2.04. The number of hydrogen-bond acceptors (Lipinski definition) is 6. The van der Waals surface area contributed by atoms with Crippen LogP contribution in [0.5, 0.6) is 5.75 Å². The molecule has 1 aliphatic carbocycles. The van der Waals surface area contributed by atoms with Gasteiger partial charge in [-0.15, -0.1) is 11.3 Å². The Kier molecular flexibility index (Phi) is 8.43. The molecule has 2 N–H and O–H groups in total. The molecule has 0 aliphatic heterocycles. The maximum absolute atomic E-state index is 12.6. The number of thiophene rings is 1. The number of rotatable bonds is 8. The van der Waals surface area contributed by atoms with Gasteiger partial charge in [-0.05, 0) is 74.2 Å². The Morgan fingerprint density at radius 3 is 2.58 bits per heavy atom. The molecule has 31 heavy (non-hydrogen) atoms. The lowest BCUT2D eigenvalue weighted by Crippen LogP contribution is -2.34. The van der Waals surface area contributed by atoms with Crippen molar-refractivity contribution in [1.82, 2.24) is 5.32 Å². The summed E-state index contributed by atoms with van der Waals surface area (Å²) in [5.74, 6) is 0.0294. The number of esters is 1. The van der Waals surface area contributed by atoms with Gasteiger partial charge in [0.25, 0.3) is 5.91 Å². The second kappa shape index (κ2) is 11.2. The number of nitrogens with one attached hydrogen (secondary N) is 2. The van der Waals surface area contributed by atoms with Crippen LogP contribution in [0.2, 0.25) is 0 Å². The molecule has 166 valence electrons. The molecule has 1 amide bonds. The minimum Gasteiger partial charge on any atom is -0.494 e. The lowest BCUT2D eigenvalue weighted by Gasteiger charge is -2.12. The van der Waals surface area contributed by atoms with Gasteiger partial charge < -0.3 is 14.8 Å². The van der Waals surface area contributed by atoms with Gasteiger partial charge in [-0.2, -0.15) is 0 Å². The number of ether oxygens (including phenoxy) is 2. The zero-order valence-electron chi connectivity index (χ0n) is 17.9. The van der Waals surface area contributed by atoms with Crippen molar-refractivity contribution in [3.05, 3.63) is 45.8 Å². The van der Waals surface area contributed by atoms with Gasteiger partial charge in [-0.25, -0.2) is 4.79 Å². The zero-order valence-corrected chi connectivity index (χ0v) is 19.5. The average molecular weight is 461 g/mol. The highest BCUT2D eigenvalue weighted by atomic mass is 32.1. The van der Waals surface area contributed by atoms with Crippen molar-refractivity contribution in [2.75, 3.05) is 19.0 Å². The molecule has 6 nitrogen and oxygen atoms in total. The van der Waals surface area contributed by atoms with Gasteiger partial charge in [0.05, 0.1) is 19.3 Å². The highest BCUT2D eigenvalue weighted by Gasteiger charge is 2.26. The molecule has 2 aromatic rings. The van der Waals surface area contributed by atoms with Crippen LogP contribution in [-0.4, -0.2) is 30.7 Å². The summed E-state index contributed by atoms with van der Waals surface area (Å²) in [5, 5.41) is 6.48. The van der Waals surface area contributed by atoms with Crippen LogP contribution in [0.1, 0.15) is 70.2 Å². The van der Waals surface area contributed by atoms with E-state index in [0.29, 0.717) is 22.7 Å². The van der Waals surface area contributed by atoms with E-state index in [-0.39, 0.29) is 17.0 Å². The first-order chi connectivity index (χ1) is 15.0. The number of amides is 1. The van der Waals surface area contributed by atoms with Gasteiger partial charge in [-0.3, -0.25) is 10.1 Å². The van der Waals surface area contributed by atoms with Crippen LogP contribution in [0.25, 0.3) is 0 Å². The Morgan fingerprint density at radius 1 is 1.13 bits per heavy atom. The fraction of sp³-hybridized carbons (Fsp3) is 0.435. The number of unbranched alkanes of at least 4 members (excludes halogenated alkanes) is 2. The van der Waals surface area contributed by atoms with Crippen molar-refractivity contribution in [3.8, 4) is 5.75 Å². The third-order valence-electron chi connectivity index (χ3n) is 5.15. The van der Waals surface area contributed by atoms with Crippen molar-refractivity contribution >= 4 is 45.5 Å². The van der Waals surface area contributed by atoms with Crippen LogP contribution in [0.3, 0.4) is 0 Å². The summed E-state index contributed by atoms with van der Waals surface area (Å²) in [4.78, 5) is 26.1. The number of anilines is 1. The van der Waals surface area contributed by atoms with E-state index in [1.54, 1.807) is 24.3 Å². The van der Waals surface area contributed by atoms with Crippen molar-refractivity contribution in [2.24, 2.45) is 0 Å². The first kappa shape index (κ1) is 23.2. The molecule has 0 unspecified atom stereocenters. The smallest absolute Gasteiger partial charge is 0.341 e. The van der Waals surface area contributed by atoms with E-state index in [1.165, 1.54) is 23.3 Å². The first-order valence-electron chi connectivity index (χ1n) is 10.6. The monoisotopic (exact) mass is 460 g/mol. The fourth-order valence-corrected chi connectivity index (χ4v) is 5.07. The van der Waals surface area contributed by atoms with E-state index < -0.39 is 0 Å². The van der Waals surface area contributed by atoms with Crippen LogP contribution in [0, 0.1) is 0 Å². The summed E-state index contributed by atoms with van der Waals surface area (Å²) in [7, 11) is 1.37. The number of thiocarbonyl (C=S) groups is 1. The number of hydrogen-bond donors (Lipinski definition) is 2. The molecular formula is C23H28N2O4S2. The Bertz CT molecular complexity index is 938. The Morgan fingerprint density at radius 2 is 1.87 bits per heavy atom. The lowest BCUT2D eigenvalue weighted by molar-refractivity contribution is 0.0601. The van der Waals surface area contributed by atoms with Crippen molar-refractivity contribution in [2.45, 2.75) is 51.9 Å². The molecule has 0 saturated carbocycles. The molecule has 1 heterocycles. The second-order valence-corrected chi connectivity index (χ2v) is 8.91. The largest absolute Gasteiger partial charge is 0.494 e. The van der Waals surface area contributed by atoms with Gasteiger partial charge in [0.2, 0.25) is 0 Å². The predicted octanol–water partition coefficient (Wildman–Crippen LogP) is 5.11.